The lowest BCUT2D eigenvalue weighted by Gasteiger charge is -2.72. The van der Waals surface area contributed by atoms with Gasteiger partial charge in [-0.05, 0) is 197 Å². The number of halogens is 1. The lowest BCUT2D eigenvalue weighted by Crippen LogP contribution is -2.68. The molecule has 7 aliphatic carbocycles. The quantitative estimate of drug-likeness (QED) is 0.205. The zero-order valence-electron chi connectivity index (χ0n) is 39.0. The largest absolute Gasteiger partial charge is 0.390 e. The van der Waals surface area contributed by atoms with Crippen molar-refractivity contribution in [1.29, 1.82) is 0 Å². The van der Waals surface area contributed by atoms with Crippen LogP contribution >= 0.6 is 0 Å². The summed E-state index contributed by atoms with van der Waals surface area (Å²) in [5, 5.41) is 15.5. The highest BCUT2D eigenvalue weighted by Crippen LogP contribution is 2.76. The zero-order valence-corrected chi connectivity index (χ0v) is 39.8. The maximum atomic E-state index is 14.9. The van der Waals surface area contributed by atoms with E-state index in [0.717, 1.165) is 24.9 Å². The summed E-state index contributed by atoms with van der Waals surface area (Å²) >= 11 is 0. The number of benzene rings is 1. The molecule has 1 aromatic rings. The van der Waals surface area contributed by atoms with E-state index in [1.807, 2.05) is 18.2 Å². The molecule has 0 heterocycles. The Bertz CT molecular complexity index is 2020. The molecular weight excluding hydrogens is 778 g/mol. The summed E-state index contributed by atoms with van der Waals surface area (Å²) < 4.78 is 39.4. The van der Waals surface area contributed by atoms with Gasteiger partial charge in [-0.15, -0.1) is 0 Å². The minimum atomic E-state index is -3.07. The van der Waals surface area contributed by atoms with E-state index in [9.17, 15) is 22.7 Å². The van der Waals surface area contributed by atoms with Crippen LogP contribution in [-0.2, 0) is 21.1 Å². The van der Waals surface area contributed by atoms with Crippen LogP contribution in [0, 0.1) is 56.7 Å². The molecule has 7 aliphatic rings. The van der Waals surface area contributed by atoms with E-state index in [-0.39, 0.29) is 38.2 Å². The molecule has 2 N–H and O–H groups in total. The summed E-state index contributed by atoms with van der Waals surface area (Å²) in [6.07, 6.45) is 23.0. The summed E-state index contributed by atoms with van der Waals surface area (Å²) in [5.74, 6) is 2.96. The molecule has 1 aromatic carbocycles. The Kier molecular flexibility index (Phi) is 12.0. The van der Waals surface area contributed by atoms with Gasteiger partial charge < -0.3 is 10.4 Å². The number of carbonyl (C=O) groups is 1. The Morgan fingerprint density at radius 1 is 0.852 bits per heavy atom. The fourth-order valence-corrected chi connectivity index (χ4v) is 17.8. The lowest BCUT2D eigenvalue weighted by atomic mass is 9.33. The van der Waals surface area contributed by atoms with E-state index >= 15 is 0 Å². The minimum absolute atomic E-state index is 0.00119. The number of ketones is 1. The first-order chi connectivity index (χ1) is 28.7. The van der Waals surface area contributed by atoms with Crippen LogP contribution in [0.2, 0.25) is 0 Å². The second-order valence-corrected chi connectivity index (χ2v) is 25.9. The number of alkyl halides is 1. The first kappa shape index (κ1) is 45.5. The molecule has 0 amide bonds. The van der Waals surface area contributed by atoms with Gasteiger partial charge in [-0.1, -0.05) is 89.3 Å². The lowest BCUT2D eigenvalue weighted by molar-refractivity contribution is -0.221. The maximum absolute atomic E-state index is 14.9. The maximum Gasteiger partial charge on any atom is 0.150 e. The fourth-order valence-electron chi connectivity index (χ4n) is 16.7. The van der Waals surface area contributed by atoms with Gasteiger partial charge in [0, 0.05) is 18.2 Å². The number of allylic oxidation sites excluding steroid dienone is 5. The SMILES string of the molecule is C=C(C)[C@@H]1CC[C@]2(NCCC3(O)CCC(S(C)(=O)=O)CC3)CC[C@]3(C)[C@H](CC[C@@H]4[C@@]5(C)CC=C(C6=CC[C@](CF)(C(=O)CCc7ccccc7)CC6)C(C)(C)[C@@H]5CC[C@]43C)[C@@H]12. The van der Waals surface area contributed by atoms with Crippen LogP contribution in [-0.4, -0.2) is 55.2 Å². The Labute approximate surface area is 369 Å². The van der Waals surface area contributed by atoms with E-state index in [0.29, 0.717) is 87.4 Å². The molecule has 338 valence electrons. The Morgan fingerprint density at radius 3 is 2.21 bits per heavy atom. The molecule has 0 radical (unpaired) electrons. The van der Waals surface area contributed by atoms with Gasteiger partial charge in [0.2, 0.25) is 0 Å². The predicted molar refractivity (Wildman–Crippen MR) is 248 cm³/mol. The number of hydrogen-bond donors (Lipinski definition) is 2. The van der Waals surface area contributed by atoms with E-state index in [1.165, 1.54) is 74.3 Å². The summed E-state index contributed by atoms with van der Waals surface area (Å²) in [7, 11) is -3.07. The number of carbonyl (C=O) groups excluding carboxylic acids is 1. The van der Waals surface area contributed by atoms with E-state index < -0.39 is 27.5 Å². The molecule has 0 aliphatic heterocycles. The van der Waals surface area contributed by atoms with Crippen LogP contribution < -0.4 is 5.32 Å². The first-order valence-corrected chi connectivity index (χ1v) is 26.5. The van der Waals surface area contributed by atoms with Gasteiger partial charge in [0.1, 0.15) is 22.3 Å². The number of hydrogen-bond acceptors (Lipinski definition) is 5. The van der Waals surface area contributed by atoms with Crippen molar-refractivity contribution in [1.82, 2.24) is 5.32 Å². The minimum Gasteiger partial charge on any atom is -0.390 e. The average molecular weight is 858 g/mol. The third kappa shape index (κ3) is 7.54. The number of rotatable bonds is 12. The van der Waals surface area contributed by atoms with E-state index in [2.05, 4.69) is 77.7 Å². The molecule has 10 atom stereocenters. The van der Waals surface area contributed by atoms with Gasteiger partial charge in [0.05, 0.1) is 16.3 Å². The van der Waals surface area contributed by atoms with Crippen LogP contribution in [0.3, 0.4) is 0 Å². The number of fused-ring (bicyclic) bond motifs is 7. The number of Topliss-reactive ketones (excluding diaryl/α,β-unsaturated/α-hetero) is 1. The highest BCUT2D eigenvalue weighted by molar-refractivity contribution is 7.91. The Hall–Kier alpha value is -2.09. The molecule has 0 spiro atoms. The van der Waals surface area contributed by atoms with Crippen molar-refractivity contribution < 1.29 is 22.7 Å². The van der Waals surface area contributed by atoms with E-state index in [1.54, 1.807) is 0 Å². The summed E-state index contributed by atoms with van der Waals surface area (Å²) in [4.78, 5) is 13.6. The summed E-state index contributed by atoms with van der Waals surface area (Å²) in [5.41, 5.74) is 4.36. The molecule has 0 unspecified atom stereocenters. The number of nitrogens with one attached hydrogen (secondary N) is 1. The van der Waals surface area contributed by atoms with Crippen LogP contribution in [0.15, 0.2) is 65.8 Å². The van der Waals surface area contributed by atoms with Crippen LogP contribution in [0.5, 0.6) is 0 Å². The molecule has 5 fully saturated rings. The molecule has 0 saturated heterocycles. The first-order valence-electron chi connectivity index (χ1n) is 24.5. The van der Waals surface area contributed by atoms with Gasteiger partial charge in [0.15, 0.2) is 0 Å². The average Bonchev–Trinajstić information content (AvgIpc) is 3.60. The summed E-state index contributed by atoms with van der Waals surface area (Å²) in [6, 6.07) is 10.1. The predicted octanol–water partition coefficient (Wildman–Crippen LogP) is 11.9. The Balaban J connectivity index is 0.987. The molecule has 61 heavy (non-hydrogen) atoms. The van der Waals surface area contributed by atoms with Crippen LogP contribution in [0.4, 0.5) is 4.39 Å². The van der Waals surface area contributed by atoms with Crippen molar-refractivity contribution in [2.45, 2.75) is 180 Å². The van der Waals surface area contributed by atoms with Crippen molar-refractivity contribution in [2.75, 3.05) is 19.5 Å². The zero-order chi connectivity index (χ0) is 43.9. The third-order valence-electron chi connectivity index (χ3n) is 20.5. The molecule has 5 saturated carbocycles. The molecule has 8 rings (SSSR count). The van der Waals surface area contributed by atoms with Crippen molar-refractivity contribution in [3.05, 3.63) is 71.3 Å². The van der Waals surface area contributed by atoms with Crippen molar-refractivity contribution in [3.63, 3.8) is 0 Å². The number of aliphatic hydroxyl groups is 1. The normalized spacial score (nSPS) is 43.2. The van der Waals surface area contributed by atoms with Crippen LogP contribution in [0.25, 0.3) is 0 Å². The molecule has 7 heteroatoms. The monoisotopic (exact) mass is 858 g/mol. The second kappa shape index (κ2) is 16.1. The Morgan fingerprint density at radius 2 is 1.57 bits per heavy atom. The standard InChI is InChI=1S/C54H80FNO4S/c1-37(2)41-22-31-54(56-35-34-53(58)29-20-40(21-30-53)61(8,59)60)33-32-50(6)43(47(41)54)15-16-45-49(5)25-23-42(48(3,4)44(49)24-26-51(45,50)7)39-18-27-52(36-55,28-19-39)46(57)17-14-38-12-10-9-11-13-38/h9-13,18,23,40-41,43-45,47,56,58H,1,14-17,19-22,24-36H2,2-8H3/t40?,41-,43+,44-,45+,47+,49-,50+,51+,52-,53?,54-/m0/s1. The molecule has 0 bridgehead atoms. The van der Waals surface area contributed by atoms with Gasteiger partial charge >= 0.3 is 0 Å². The molecular formula is C54H80FNO4S. The van der Waals surface area contributed by atoms with Crippen LogP contribution in [0.1, 0.15) is 163 Å². The third-order valence-corrected chi connectivity index (χ3v) is 22.2. The number of aryl methyl sites for hydroxylation is 1. The van der Waals surface area contributed by atoms with Gasteiger partial charge in [-0.25, -0.2) is 12.8 Å². The van der Waals surface area contributed by atoms with Crippen molar-refractivity contribution in [2.24, 2.45) is 56.7 Å². The number of sulfone groups is 1. The summed E-state index contributed by atoms with van der Waals surface area (Å²) in [6.45, 7) is 20.2. The van der Waals surface area contributed by atoms with Gasteiger partial charge in [0.25, 0.3) is 0 Å². The molecule has 0 aromatic heterocycles. The fraction of sp³-hybridized carbons (Fsp3) is 0.759. The second-order valence-electron chi connectivity index (χ2n) is 23.6. The molecule has 5 nitrogen and oxygen atoms in total. The highest BCUT2D eigenvalue weighted by atomic mass is 32.2. The van der Waals surface area contributed by atoms with Crippen molar-refractivity contribution >= 4 is 15.6 Å². The van der Waals surface area contributed by atoms with Gasteiger partial charge in [-0.3, -0.25) is 4.79 Å². The van der Waals surface area contributed by atoms with Crippen molar-refractivity contribution in [3.8, 4) is 0 Å². The van der Waals surface area contributed by atoms with E-state index in [4.69, 9.17) is 0 Å². The highest BCUT2D eigenvalue weighted by Gasteiger charge is 2.70. The van der Waals surface area contributed by atoms with Gasteiger partial charge in [-0.2, -0.15) is 0 Å². The smallest absolute Gasteiger partial charge is 0.150 e. The topological polar surface area (TPSA) is 83.5 Å².